The second kappa shape index (κ2) is 8.63. The number of benzene rings is 3. The molecule has 154 valence electrons. The van der Waals surface area contributed by atoms with Crippen molar-refractivity contribution < 1.29 is 8.91 Å². The van der Waals surface area contributed by atoms with Crippen molar-refractivity contribution in [3.05, 3.63) is 95.3 Å². The van der Waals surface area contributed by atoms with E-state index in [-0.39, 0.29) is 5.82 Å². The van der Waals surface area contributed by atoms with Gasteiger partial charge in [0.1, 0.15) is 5.82 Å². The largest absolute Gasteiger partial charge is 0.354 e. The second-order valence-electron chi connectivity index (χ2n) is 7.70. The highest BCUT2D eigenvalue weighted by Crippen LogP contribution is 2.26. The predicted octanol–water partition coefficient (Wildman–Crippen LogP) is 4.69. The Labute approximate surface area is 180 Å². The molecule has 1 aliphatic heterocycles. The van der Waals surface area contributed by atoms with Crippen LogP contribution in [-0.4, -0.2) is 36.2 Å². The molecule has 1 fully saturated rings. The zero-order chi connectivity index (χ0) is 21.0. The van der Waals surface area contributed by atoms with Gasteiger partial charge in [-0.1, -0.05) is 53.4 Å². The fourth-order valence-corrected chi connectivity index (χ4v) is 3.93. The van der Waals surface area contributed by atoms with Gasteiger partial charge in [-0.3, -0.25) is 4.90 Å². The number of hydrogen-bond acceptors (Lipinski definition) is 4. The van der Waals surface area contributed by atoms with Gasteiger partial charge in [-0.2, -0.15) is 0 Å². The molecule has 0 N–H and O–H groups in total. The molecule has 3 aromatic carbocycles. The summed E-state index contributed by atoms with van der Waals surface area (Å²) in [6, 6.07) is 22.8. The molecule has 0 aliphatic carbocycles. The van der Waals surface area contributed by atoms with Crippen molar-refractivity contribution in [3.8, 4) is 11.8 Å². The summed E-state index contributed by atoms with van der Waals surface area (Å²) >= 11 is 0. The highest BCUT2D eigenvalue weighted by molar-refractivity contribution is 5.88. The summed E-state index contributed by atoms with van der Waals surface area (Å²) in [5, 5.41) is 5.35. The van der Waals surface area contributed by atoms with Gasteiger partial charge >= 0.3 is 0 Å². The number of para-hydroxylation sites is 1. The number of rotatable bonds is 3. The van der Waals surface area contributed by atoms with Crippen LogP contribution in [0.4, 0.5) is 10.2 Å². The maximum absolute atomic E-state index is 13.8. The molecular formula is C26H22FN3O. The summed E-state index contributed by atoms with van der Waals surface area (Å²) in [5.41, 5.74) is 3.35. The minimum atomic E-state index is -0.288. The fourth-order valence-electron chi connectivity index (χ4n) is 3.93. The lowest BCUT2D eigenvalue weighted by molar-refractivity contribution is 0.248. The van der Waals surface area contributed by atoms with Crippen molar-refractivity contribution >= 4 is 16.8 Å². The van der Waals surface area contributed by atoms with Gasteiger partial charge in [0.05, 0.1) is 10.9 Å². The first-order valence-electron chi connectivity index (χ1n) is 10.4. The minimum Gasteiger partial charge on any atom is -0.354 e. The Kier molecular flexibility index (Phi) is 5.39. The van der Waals surface area contributed by atoms with E-state index in [0.29, 0.717) is 5.56 Å². The smallest absolute Gasteiger partial charge is 0.180 e. The Balaban J connectivity index is 1.23. The molecule has 0 amide bonds. The molecule has 5 heteroatoms. The van der Waals surface area contributed by atoms with Crippen LogP contribution >= 0.6 is 0 Å². The summed E-state index contributed by atoms with van der Waals surface area (Å²) in [6.07, 6.45) is 0. The lowest BCUT2D eigenvalue weighted by Gasteiger charge is -2.34. The summed E-state index contributed by atoms with van der Waals surface area (Å²) in [7, 11) is 0. The van der Waals surface area contributed by atoms with E-state index in [1.165, 1.54) is 11.6 Å². The molecule has 1 aromatic heterocycles. The summed E-state index contributed by atoms with van der Waals surface area (Å²) < 4.78 is 19.2. The van der Waals surface area contributed by atoms with Gasteiger partial charge in [0.2, 0.25) is 0 Å². The van der Waals surface area contributed by atoms with Crippen molar-refractivity contribution in [3.63, 3.8) is 0 Å². The molecule has 0 radical (unpaired) electrons. The molecule has 0 bridgehead atoms. The van der Waals surface area contributed by atoms with Gasteiger partial charge in [0.25, 0.3) is 0 Å². The van der Waals surface area contributed by atoms with E-state index in [4.69, 9.17) is 4.52 Å². The number of anilines is 1. The normalized spacial score (nSPS) is 14.4. The van der Waals surface area contributed by atoms with Crippen LogP contribution in [0.25, 0.3) is 11.0 Å². The topological polar surface area (TPSA) is 32.5 Å². The van der Waals surface area contributed by atoms with Crippen LogP contribution < -0.4 is 4.90 Å². The van der Waals surface area contributed by atoms with Crippen LogP contribution in [0.15, 0.2) is 77.3 Å². The molecular weight excluding hydrogens is 389 g/mol. The quantitative estimate of drug-likeness (QED) is 0.458. The maximum atomic E-state index is 13.8. The fraction of sp³-hybridized carbons (Fsp3) is 0.192. The Hall–Kier alpha value is -3.62. The van der Waals surface area contributed by atoms with Crippen molar-refractivity contribution in [1.29, 1.82) is 0 Å². The van der Waals surface area contributed by atoms with Gasteiger partial charge in [-0.15, -0.1) is 0 Å². The predicted molar refractivity (Wildman–Crippen MR) is 120 cm³/mol. The molecule has 0 atom stereocenters. The highest BCUT2D eigenvalue weighted by atomic mass is 19.1. The third-order valence-electron chi connectivity index (χ3n) is 5.58. The SMILES string of the molecule is Fc1ccccc1C#Cc1cccc(CN2CCN(c3noc4ccccc34)CC2)c1. The van der Waals surface area contributed by atoms with E-state index in [1.54, 1.807) is 18.2 Å². The Morgan fingerprint density at radius 1 is 0.871 bits per heavy atom. The molecule has 1 aliphatic rings. The molecule has 0 spiro atoms. The number of aromatic nitrogens is 1. The minimum absolute atomic E-state index is 0.288. The lowest BCUT2D eigenvalue weighted by Crippen LogP contribution is -2.46. The van der Waals surface area contributed by atoms with Crippen molar-refractivity contribution in [2.45, 2.75) is 6.54 Å². The van der Waals surface area contributed by atoms with E-state index < -0.39 is 0 Å². The number of piperazine rings is 1. The zero-order valence-electron chi connectivity index (χ0n) is 17.1. The van der Waals surface area contributed by atoms with Crippen LogP contribution in [0.5, 0.6) is 0 Å². The maximum Gasteiger partial charge on any atom is 0.180 e. The van der Waals surface area contributed by atoms with E-state index >= 15 is 0 Å². The summed E-state index contributed by atoms with van der Waals surface area (Å²) in [6.45, 7) is 4.58. The molecule has 5 rings (SSSR count). The molecule has 4 aromatic rings. The number of hydrogen-bond donors (Lipinski definition) is 0. The highest BCUT2D eigenvalue weighted by Gasteiger charge is 2.21. The van der Waals surface area contributed by atoms with Crippen LogP contribution in [0.3, 0.4) is 0 Å². The average molecular weight is 411 g/mol. The summed E-state index contributed by atoms with van der Waals surface area (Å²) in [4.78, 5) is 4.72. The average Bonchev–Trinajstić information content (AvgIpc) is 3.24. The van der Waals surface area contributed by atoms with Crippen LogP contribution in [-0.2, 0) is 6.54 Å². The van der Waals surface area contributed by atoms with Gasteiger partial charge < -0.3 is 9.42 Å². The second-order valence-corrected chi connectivity index (χ2v) is 7.70. The number of nitrogens with zero attached hydrogens (tertiary/aromatic N) is 3. The first kappa shape index (κ1) is 19.3. The number of fused-ring (bicyclic) bond motifs is 1. The third kappa shape index (κ3) is 4.30. The van der Waals surface area contributed by atoms with Gasteiger partial charge in [0, 0.05) is 38.3 Å². The molecule has 0 saturated carbocycles. The van der Waals surface area contributed by atoms with E-state index in [1.807, 2.05) is 30.3 Å². The van der Waals surface area contributed by atoms with Crippen molar-refractivity contribution in [2.75, 3.05) is 31.1 Å². The molecule has 0 unspecified atom stereocenters. The molecule has 31 heavy (non-hydrogen) atoms. The monoisotopic (exact) mass is 411 g/mol. The van der Waals surface area contributed by atoms with Gasteiger partial charge in [0.15, 0.2) is 11.4 Å². The lowest BCUT2D eigenvalue weighted by atomic mass is 10.1. The zero-order valence-corrected chi connectivity index (χ0v) is 17.1. The van der Waals surface area contributed by atoms with Crippen LogP contribution in [0.1, 0.15) is 16.7 Å². The molecule has 1 saturated heterocycles. The Morgan fingerprint density at radius 2 is 1.68 bits per heavy atom. The van der Waals surface area contributed by atoms with Gasteiger partial charge in [-0.25, -0.2) is 4.39 Å². The third-order valence-corrected chi connectivity index (χ3v) is 5.58. The van der Waals surface area contributed by atoms with Crippen molar-refractivity contribution in [1.82, 2.24) is 10.1 Å². The van der Waals surface area contributed by atoms with Crippen LogP contribution in [0, 0.1) is 17.7 Å². The summed E-state index contributed by atoms with van der Waals surface area (Å²) in [5.74, 6) is 6.66. The standard InChI is InChI=1S/C26H22FN3O/c27-24-10-3-1-8-22(24)13-12-20-6-5-7-21(18-20)19-29-14-16-30(17-15-29)26-23-9-2-4-11-25(23)31-28-26/h1-11,18H,14-17,19H2. The van der Waals surface area contributed by atoms with E-state index in [2.05, 4.69) is 45.0 Å². The van der Waals surface area contributed by atoms with Crippen LogP contribution in [0.2, 0.25) is 0 Å². The van der Waals surface area contributed by atoms with E-state index in [0.717, 1.165) is 55.1 Å². The Bertz CT molecular complexity index is 1260. The van der Waals surface area contributed by atoms with Crippen molar-refractivity contribution in [2.24, 2.45) is 0 Å². The first-order valence-corrected chi connectivity index (χ1v) is 10.4. The first-order chi connectivity index (χ1) is 15.3. The molecule has 2 heterocycles. The van der Waals surface area contributed by atoms with Gasteiger partial charge in [-0.05, 0) is 42.0 Å². The molecule has 4 nitrogen and oxygen atoms in total. The Morgan fingerprint density at radius 3 is 2.55 bits per heavy atom. The van der Waals surface area contributed by atoms with E-state index in [9.17, 15) is 4.39 Å². The number of halogens is 1.